The van der Waals surface area contributed by atoms with Crippen molar-refractivity contribution < 1.29 is 18.7 Å². The van der Waals surface area contributed by atoms with Gasteiger partial charge < -0.3 is 14.1 Å². The molecular weight excluding hydrogens is 270 g/mol. The normalized spacial score (nSPS) is 21.3. The van der Waals surface area contributed by atoms with Gasteiger partial charge in [0, 0.05) is 31.5 Å². The second-order valence-electron chi connectivity index (χ2n) is 6.70. The third-order valence-corrected chi connectivity index (χ3v) is 4.27. The summed E-state index contributed by atoms with van der Waals surface area (Å²) in [7, 11) is 0. The highest BCUT2D eigenvalue weighted by Crippen LogP contribution is 2.38. The minimum absolute atomic E-state index is 0.0866. The summed E-state index contributed by atoms with van der Waals surface area (Å²) in [6.07, 6.45) is 1.21. The molecule has 0 atom stereocenters. The maximum absolute atomic E-state index is 12.6. The number of hydrogen-bond donors (Lipinski definition) is 0. The SMILES string of the molecule is Cc1c(C(=O)N2CCOCC2)oc2c1C(=O)CC(C)(C)C2. The fraction of sp³-hybridized carbons (Fsp3) is 0.625. The van der Waals surface area contributed by atoms with Crippen LogP contribution >= 0.6 is 0 Å². The summed E-state index contributed by atoms with van der Waals surface area (Å²) in [6.45, 7) is 8.16. The van der Waals surface area contributed by atoms with E-state index in [0.717, 1.165) is 0 Å². The van der Waals surface area contributed by atoms with E-state index in [1.54, 1.807) is 4.90 Å². The predicted octanol–water partition coefficient (Wildman–Crippen LogP) is 2.22. The third kappa shape index (κ3) is 2.50. The molecule has 5 nitrogen and oxygen atoms in total. The summed E-state index contributed by atoms with van der Waals surface area (Å²) in [5.74, 6) is 0.956. The van der Waals surface area contributed by atoms with Crippen molar-refractivity contribution in [3.05, 3.63) is 22.6 Å². The number of carbonyl (C=O) groups excluding carboxylic acids is 2. The molecule has 1 saturated heterocycles. The fourth-order valence-electron chi connectivity index (χ4n) is 3.20. The highest BCUT2D eigenvalue weighted by Gasteiger charge is 2.37. The van der Waals surface area contributed by atoms with Crippen molar-refractivity contribution in [1.29, 1.82) is 0 Å². The molecule has 0 N–H and O–H groups in total. The van der Waals surface area contributed by atoms with Gasteiger partial charge in [0.15, 0.2) is 11.5 Å². The number of morpholine rings is 1. The zero-order chi connectivity index (χ0) is 15.2. The number of hydrogen-bond acceptors (Lipinski definition) is 4. The Hall–Kier alpha value is -1.62. The van der Waals surface area contributed by atoms with Gasteiger partial charge in [0.25, 0.3) is 5.91 Å². The topological polar surface area (TPSA) is 59.8 Å². The first-order chi connectivity index (χ1) is 9.89. The van der Waals surface area contributed by atoms with Crippen LogP contribution < -0.4 is 0 Å². The van der Waals surface area contributed by atoms with Gasteiger partial charge in [0.2, 0.25) is 0 Å². The van der Waals surface area contributed by atoms with Gasteiger partial charge in [-0.15, -0.1) is 0 Å². The summed E-state index contributed by atoms with van der Waals surface area (Å²) < 4.78 is 11.1. The minimum atomic E-state index is -0.129. The number of furan rings is 1. The number of rotatable bonds is 1. The molecule has 0 aromatic carbocycles. The molecule has 3 rings (SSSR count). The molecule has 1 aliphatic carbocycles. The molecule has 2 aliphatic rings. The Kier molecular flexibility index (Phi) is 3.40. The van der Waals surface area contributed by atoms with E-state index in [9.17, 15) is 9.59 Å². The molecule has 0 bridgehead atoms. The van der Waals surface area contributed by atoms with Crippen molar-refractivity contribution in [1.82, 2.24) is 4.90 Å². The van der Waals surface area contributed by atoms with Crippen LogP contribution in [-0.4, -0.2) is 42.9 Å². The lowest BCUT2D eigenvalue weighted by molar-refractivity contribution is 0.0280. The number of nitrogens with zero attached hydrogens (tertiary/aromatic N) is 1. The van der Waals surface area contributed by atoms with Crippen LogP contribution in [0.25, 0.3) is 0 Å². The molecule has 0 saturated carbocycles. The van der Waals surface area contributed by atoms with Gasteiger partial charge in [0.05, 0.1) is 18.8 Å². The third-order valence-electron chi connectivity index (χ3n) is 4.27. The average molecular weight is 291 g/mol. The molecule has 1 fully saturated rings. The minimum Gasteiger partial charge on any atom is -0.455 e. The van der Waals surface area contributed by atoms with Crippen LogP contribution in [0.1, 0.15) is 52.5 Å². The molecule has 0 radical (unpaired) electrons. The lowest BCUT2D eigenvalue weighted by Gasteiger charge is -2.27. The first-order valence-corrected chi connectivity index (χ1v) is 7.41. The second kappa shape index (κ2) is 4.98. The number of fused-ring (bicyclic) bond motifs is 1. The smallest absolute Gasteiger partial charge is 0.290 e. The van der Waals surface area contributed by atoms with Crippen LogP contribution in [0.4, 0.5) is 0 Å². The van der Waals surface area contributed by atoms with E-state index >= 15 is 0 Å². The van der Waals surface area contributed by atoms with E-state index in [1.807, 2.05) is 6.92 Å². The molecule has 1 aliphatic heterocycles. The van der Waals surface area contributed by atoms with E-state index < -0.39 is 0 Å². The lowest BCUT2D eigenvalue weighted by Crippen LogP contribution is -2.40. The van der Waals surface area contributed by atoms with Crippen molar-refractivity contribution in [2.24, 2.45) is 5.41 Å². The van der Waals surface area contributed by atoms with Gasteiger partial charge in [-0.05, 0) is 12.3 Å². The Morgan fingerprint density at radius 1 is 1.19 bits per heavy atom. The molecule has 1 aromatic heterocycles. The molecular formula is C16H21NO4. The first kappa shape index (κ1) is 14.3. The quantitative estimate of drug-likeness (QED) is 0.796. The zero-order valence-electron chi connectivity index (χ0n) is 12.8. The highest BCUT2D eigenvalue weighted by molar-refractivity contribution is 6.03. The van der Waals surface area contributed by atoms with E-state index in [0.29, 0.717) is 61.8 Å². The van der Waals surface area contributed by atoms with Crippen molar-refractivity contribution >= 4 is 11.7 Å². The van der Waals surface area contributed by atoms with Crippen LogP contribution in [0.2, 0.25) is 0 Å². The van der Waals surface area contributed by atoms with Crippen molar-refractivity contribution in [3.63, 3.8) is 0 Å². The van der Waals surface area contributed by atoms with Gasteiger partial charge in [-0.2, -0.15) is 0 Å². The molecule has 0 spiro atoms. The van der Waals surface area contributed by atoms with Crippen molar-refractivity contribution in [2.75, 3.05) is 26.3 Å². The summed E-state index contributed by atoms with van der Waals surface area (Å²) in [6, 6.07) is 0. The maximum Gasteiger partial charge on any atom is 0.290 e. The van der Waals surface area contributed by atoms with Gasteiger partial charge in [0.1, 0.15) is 5.76 Å². The monoisotopic (exact) mass is 291 g/mol. The van der Waals surface area contributed by atoms with Crippen LogP contribution in [0.5, 0.6) is 0 Å². The lowest BCUT2D eigenvalue weighted by atomic mass is 9.76. The molecule has 0 unspecified atom stereocenters. The molecule has 21 heavy (non-hydrogen) atoms. The Morgan fingerprint density at radius 2 is 1.86 bits per heavy atom. The molecule has 1 aromatic rings. The number of Topliss-reactive ketones (excluding diaryl/α,β-unsaturated/α-hetero) is 1. The van der Waals surface area contributed by atoms with Crippen molar-refractivity contribution in [2.45, 2.75) is 33.6 Å². The number of ketones is 1. The van der Waals surface area contributed by atoms with E-state index in [1.165, 1.54) is 0 Å². The van der Waals surface area contributed by atoms with Gasteiger partial charge in [-0.25, -0.2) is 0 Å². The van der Waals surface area contributed by atoms with Crippen LogP contribution in [0.15, 0.2) is 4.42 Å². The van der Waals surface area contributed by atoms with Gasteiger partial charge in [-0.3, -0.25) is 9.59 Å². The Labute approximate surface area is 124 Å². The molecule has 114 valence electrons. The van der Waals surface area contributed by atoms with Crippen LogP contribution in [0.3, 0.4) is 0 Å². The largest absolute Gasteiger partial charge is 0.455 e. The molecule has 2 heterocycles. The summed E-state index contributed by atoms with van der Waals surface area (Å²) >= 11 is 0. The molecule has 1 amide bonds. The predicted molar refractivity (Wildman–Crippen MR) is 76.6 cm³/mol. The number of amides is 1. The number of carbonyl (C=O) groups is 2. The fourth-order valence-corrected chi connectivity index (χ4v) is 3.20. The van der Waals surface area contributed by atoms with E-state index in [2.05, 4.69) is 13.8 Å². The van der Waals surface area contributed by atoms with E-state index in [4.69, 9.17) is 9.15 Å². The van der Waals surface area contributed by atoms with Gasteiger partial charge in [-0.1, -0.05) is 13.8 Å². The van der Waals surface area contributed by atoms with Crippen molar-refractivity contribution in [3.8, 4) is 0 Å². The average Bonchev–Trinajstić information content (AvgIpc) is 2.74. The summed E-state index contributed by atoms with van der Waals surface area (Å²) in [5.41, 5.74) is 1.22. The second-order valence-corrected chi connectivity index (χ2v) is 6.70. The Morgan fingerprint density at radius 3 is 2.52 bits per heavy atom. The standard InChI is InChI=1S/C16H21NO4/c1-10-13-11(18)8-16(2,3)9-12(13)21-14(10)15(19)17-4-6-20-7-5-17/h4-9H2,1-3H3. The maximum atomic E-state index is 12.6. The van der Waals surface area contributed by atoms with Crippen LogP contribution in [0, 0.1) is 12.3 Å². The van der Waals surface area contributed by atoms with E-state index in [-0.39, 0.29) is 17.1 Å². The first-order valence-electron chi connectivity index (χ1n) is 7.41. The Bertz CT molecular complexity index is 594. The van der Waals surface area contributed by atoms with Gasteiger partial charge >= 0.3 is 0 Å². The van der Waals surface area contributed by atoms with Crippen LogP contribution in [-0.2, 0) is 11.2 Å². The Balaban J connectivity index is 1.95. The zero-order valence-corrected chi connectivity index (χ0v) is 12.8. The summed E-state index contributed by atoms with van der Waals surface area (Å²) in [4.78, 5) is 26.6. The molecule has 5 heteroatoms. The summed E-state index contributed by atoms with van der Waals surface area (Å²) in [5, 5.41) is 0. The number of ether oxygens (including phenoxy) is 1. The highest BCUT2D eigenvalue weighted by atomic mass is 16.5.